The number of carbonyl (C=O) groups is 2. The number of hydrogen-bond acceptors (Lipinski definition) is 5. The highest BCUT2D eigenvalue weighted by atomic mass is 19.4. The van der Waals surface area contributed by atoms with Gasteiger partial charge in [-0.2, -0.15) is 13.2 Å². The van der Waals surface area contributed by atoms with E-state index in [0.29, 0.717) is 38.3 Å². The molecule has 1 fully saturated rings. The molecule has 0 spiro atoms. The van der Waals surface area contributed by atoms with Gasteiger partial charge in [-0.25, -0.2) is 5.48 Å². The van der Waals surface area contributed by atoms with Crippen molar-refractivity contribution in [2.45, 2.75) is 12.7 Å². The average molecular weight is 447 g/mol. The average Bonchev–Trinajstić information content (AvgIpc) is 3.22. The largest absolute Gasteiger partial charge is 0.451 e. The van der Waals surface area contributed by atoms with E-state index < -0.39 is 17.6 Å². The van der Waals surface area contributed by atoms with E-state index in [1.165, 1.54) is 12.1 Å². The van der Waals surface area contributed by atoms with E-state index in [1.807, 2.05) is 0 Å². The van der Waals surface area contributed by atoms with Gasteiger partial charge in [-0.1, -0.05) is 12.1 Å². The summed E-state index contributed by atoms with van der Waals surface area (Å²) in [5.41, 5.74) is 2.36. The van der Waals surface area contributed by atoms with E-state index in [0.717, 1.165) is 17.7 Å². The van der Waals surface area contributed by atoms with Crippen molar-refractivity contribution in [1.82, 2.24) is 15.3 Å². The third kappa shape index (κ3) is 4.61. The number of benzene rings is 2. The Hall–Kier alpha value is -3.37. The predicted molar refractivity (Wildman–Crippen MR) is 108 cm³/mol. The standard InChI is InChI=1S/C22H20F3N3O4/c23-22(24,25)17-5-6-18-16(11-17)12-19(32-18)21(30)28-9-7-27(8-10-28)13-14-1-3-15(4-2-14)20(29)26-31/h1-6,11-12,31H,7-10,13H2,(H,26,29). The zero-order chi connectivity index (χ0) is 22.9. The highest BCUT2D eigenvalue weighted by Gasteiger charge is 2.31. The molecular formula is C22H20F3N3O4. The molecular weight excluding hydrogens is 427 g/mol. The molecule has 3 aromatic rings. The molecule has 2 aromatic carbocycles. The second-order valence-corrected chi connectivity index (χ2v) is 7.57. The third-order valence-corrected chi connectivity index (χ3v) is 5.44. The van der Waals surface area contributed by atoms with Gasteiger partial charge < -0.3 is 9.32 Å². The van der Waals surface area contributed by atoms with E-state index in [1.54, 1.807) is 34.6 Å². The van der Waals surface area contributed by atoms with E-state index >= 15 is 0 Å². The van der Waals surface area contributed by atoms with Gasteiger partial charge in [-0.15, -0.1) is 0 Å². The van der Waals surface area contributed by atoms with Crippen molar-refractivity contribution >= 4 is 22.8 Å². The van der Waals surface area contributed by atoms with Gasteiger partial charge in [0.05, 0.1) is 5.56 Å². The number of halogens is 3. The number of hydrogen-bond donors (Lipinski definition) is 2. The molecule has 0 atom stereocenters. The van der Waals surface area contributed by atoms with Gasteiger partial charge in [0.15, 0.2) is 5.76 Å². The number of furan rings is 1. The van der Waals surface area contributed by atoms with Crippen molar-refractivity contribution in [1.29, 1.82) is 0 Å². The maximum absolute atomic E-state index is 12.9. The molecule has 10 heteroatoms. The number of piperazine rings is 1. The lowest BCUT2D eigenvalue weighted by Crippen LogP contribution is -2.48. The minimum atomic E-state index is -4.46. The monoisotopic (exact) mass is 447 g/mol. The second kappa shape index (κ2) is 8.64. The highest BCUT2D eigenvalue weighted by Crippen LogP contribution is 2.32. The number of hydroxylamine groups is 1. The second-order valence-electron chi connectivity index (χ2n) is 7.57. The lowest BCUT2D eigenvalue weighted by Gasteiger charge is -2.34. The summed E-state index contributed by atoms with van der Waals surface area (Å²) in [4.78, 5) is 27.9. The van der Waals surface area contributed by atoms with Gasteiger partial charge in [0, 0.05) is 43.7 Å². The number of alkyl halides is 3. The summed E-state index contributed by atoms with van der Waals surface area (Å²) >= 11 is 0. The van der Waals surface area contributed by atoms with Crippen molar-refractivity contribution in [3.05, 3.63) is 71.0 Å². The maximum Gasteiger partial charge on any atom is 0.416 e. The number of carbonyl (C=O) groups excluding carboxylic acids is 2. The fraction of sp³-hybridized carbons (Fsp3) is 0.273. The van der Waals surface area contributed by atoms with Crippen LogP contribution >= 0.6 is 0 Å². The Morgan fingerprint density at radius 2 is 1.69 bits per heavy atom. The zero-order valence-electron chi connectivity index (χ0n) is 16.9. The third-order valence-electron chi connectivity index (χ3n) is 5.44. The van der Waals surface area contributed by atoms with Crippen molar-refractivity contribution in [2.75, 3.05) is 26.2 Å². The number of nitrogens with one attached hydrogen (secondary N) is 1. The van der Waals surface area contributed by atoms with Gasteiger partial charge in [0.1, 0.15) is 5.58 Å². The van der Waals surface area contributed by atoms with Gasteiger partial charge in [-0.05, 0) is 42.0 Å². The van der Waals surface area contributed by atoms with Gasteiger partial charge >= 0.3 is 6.18 Å². The Balaban J connectivity index is 1.36. The van der Waals surface area contributed by atoms with E-state index in [4.69, 9.17) is 9.62 Å². The summed E-state index contributed by atoms with van der Waals surface area (Å²) in [6.45, 7) is 2.77. The summed E-state index contributed by atoms with van der Waals surface area (Å²) in [7, 11) is 0. The van der Waals surface area contributed by atoms with Crippen LogP contribution in [0.25, 0.3) is 11.0 Å². The first kappa shape index (κ1) is 21.8. The summed E-state index contributed by atoms with van der Waals surface area (Å²) in [6.07, 6.45) is -4.46. The molecule has 1 aliphatic heterocycles. The Kier molecular flexibility index (Phi) is 5.90. The molecule has 2 heterocycles. The van der Waals surface area contributed by atoms with Crippen LogP contribution in [0.4, 0.5) is 13.2 Å². The fourth-order valence-electron chi connectivity index (χ4n) is 3.67. The molecule has 0 unspecified atom stereocenters. The molecule has 1 aromatic heterocycles. The lowest BCUT2D eigenvalue weighted by atomic mass is 10.1. The van der Waals surface area contributed by atoms with Crippen molar-refractivity contribution < 1.29 is 32.4 Å². The molecule has 168 valence electrons. The van der Waals surface area contributed by atoms with Crippen molar-refractivity contribution in [2.24, 2.45) is 0 Å². The van der Waals surface area contributed by atoms with Gasteiger partial charge in [0.2, 0.25) is 0 Å². The first-order chi connectivity index (χ1) is 15.2. The molecule has 7 nitrogen and oxygen atoms in total. The van der Waals surface area contributed by atoms with Crippen LogP contribution in [0, 0.1) is 0 Å². The molecule has 1 saturated heterocycles. The molecule has 1 aliphatic rings. The lowest BCUT2D eigenvalue weighted by molar-refractivity contribution is -0.137. The predicted octanol–water partition coefficient (Wildman–Crippen LogP) is 3.53. The molecule has 0 bridgehead atoms. The minimum absolute atomic E-state index is 0.0190. The topological polar surface area (TPSA) is 86.0 Å². The number of amides is 2. The van der Waals surface area contributed by atoms with Crippen LogP contribution in [-0.2, 0) is 12.7 Å². The zero-order valence-corrected chi connectivity index (χ0v) is 16.9. The molecule has 0 radical (unpaired) electrons. The van der Waals surface area contributed by atoms with Crippen molar-refractivity contribution in [3.8, 4) is 0 Å². The number of fused-ring (bicyclic) bond motifs is 1. The Labute approximate surface area is 181 Å². The van der Waals surface area contributed by atoms with Gasteiger partial charge in [0.25, 0.3) is 11.8 Å². The van der Waals surface area contributed by atoms with Crippen LogP contribution in [0.5, 0.6) is 0 Å². The summed E-state index contributed by atoms with van der Waals surface area (Å²) in [5, 5.41) is 8.90. The summed E-state index contributed by atoms with van der Waals surface area (Å²) < 4.78 is 44.2. The smallest absolute Gasteiger partial charge is 0.416 e. The molecule has 0 saturated carbocycles. The van der Waals surface area contributed by atoms with Crippen LogP contribution < -0.4 is 5.48 Å². The van der Waals surface area contributed by atoms with Crippen LogP contribution in [0.2, 0.25) is 0 Å². The first-order valence-electron chi connectivity index (χ1n) is 9.90. The Bertz CT molecular complexity index is 1130. The Morgan fingerprint density at radius 3 is 2.31 bits per heavy atom. The van der Waals surface area contributed by atoms with Crippen LogP contribution in [-0.4, -0.2) is 53.0 Å². The minimum Gasteiger partial charge on any atom is -0.451 e. The van der Waals surface area contributed by atoms with E-state index in [-0.39, 0.29) is 22.6 Å². The molecule has 2 amide bonds. The first-order valence-corrected chi connectivity index (χ1v) is 9.90. The summed E-state index contributed by atoms with van der Waals surface area (Å²) in [5.74, 6) is -0.914. The summed E-state index contributed by atoms with van der Waals surface area (Å²) in [6, 6.07) is 11.3. The molecule has 0 aliphatic carbocycles. The fourth-order valence-corrected chi connectivity index (χ4v) is 3.67. The molecule has 2 N–H and O–H groups in total. The number of rotatable bonds is 4. The number of nitrogens with zero attached hydrogens (tertiary/aromatic N) is 2. The van der Waals surface area contributed by atoms with Crippen LogP contribution in [0.3, 0.4) is 0 Å². The normalized spacial score (nSPS) is 15.2. The van der Waals surface area contributed by atoms with Gasteiger partial charge in [-0.3, -0.25) is 19.7 Å². The van der Waals surface area contributed by atoms with Crippen LogP contribution in [0.1, 0.15) is 32.0 Å². The van der Waals surface area contributed by atoms with E-state index in [9.17, 15) is 22.8 Å². The highest BCUT2D eigenvalue weighted by molar-refractivity contribution is 5.96. The quantitative estimate of drug-likeness (QED) is 0.472. The molecule has 4 rings (SSSR count). The van der Waals surface area contributed by atoms with Crippen LogP contribution in [0.15, 0.2) is 52.9 Å². The SMILES string of the molecule is O=C(NO)c1ccc(CN2CCN(C(=O)c3cc4cc(C(F)(F)F)ccc4o3)CC2)cc1. The van der Waals surface area contributed by atoms with Crippen molar-refractivity contribution in [3.63, 3.8) is 0 Å². The Morgan fingerprint density at radius 1 is 1.00 bits per heavy atom. The maximum atomic E-state index is 12.9. The van der Waals surface area contributed by atoms with E-state index in [2.05, 4.69) is 4.90 Å². The molecule has 32 heavy (non-hydrogen) atoms.